The Bertz CT molecular complexity index is 1250. The van der Waals surface area contributed by atoms with Crippen molar-refractivity contribution in [3.05, 3.63) is 84.2 Å². The van der Waals surface area contributed by atoms with Crippen LogP contribution in [0.25, 0.3) is 22.2 Å². The Hall–Kier alpha value is -4.07. The van der Waals surface area contributed by atoms with Gasteiger partial charge in [-0.25, -0.2) is 4.98 Å². The van der Waals surface area contributed by atoms with Crippen LogP contribution in [0.5, 0.6) is 11.5 Å². The van der Waals surface area contributed by atoms with E-state index in [9.17, 15) is 13.6 Å². The maximum absolute atomic E-state index is 13.1. The van der Waals surface area contributed by atoms with Gasteiger partial charge in [0.25, 0.3) is 5.91 Å². The standard InChI is InChI=1S/C24H19F2N3O3/c1-31-22-12-15(6-7-21(22)32-24(25)26)14-28-23(30)18-13-20(16-8-10-27-11-9-16)29-19-5-3-2-4-17(18)19/h2-13,24H,14H2,1H3,(H,28,30). The number of nitrogens with zero attached hydrogens (tertiary/aromatic N) is 2. The van der Waals surface area contributed by atoms with Crippen molar-refractivity contribution in [1.29, 1.82) is 0 Å². The maximum Gasteiger partial charge on any atom is 0.387 e. The molecule has 0 aliphatic rings. The molecule has 0 bridgehead atoms. The summed E-state index contributed by atoms with van der Waals surface area (Å²) in [6.45, 7) is -2.78. The summed E-state index contributed by atoms with van der Waals surface area (Å²) in [7, 11) is 1.36. The first-order valence-corrected chi connectivity index (χ1v) is 9.75. The van der Waals surface area contributed by atoms with Crippen LogP contribution in [0.4, 0.5) is 8.78 Å². The Morgan fingerprint density at radius 1 is 1.03 bits per heavy atom. The molecule has 0 saturated heterocycles. The molecule has 0 atom stereocenters. The van der Waals surface area contributed by atoms with Crippen LogP contribution < -0.4 is 14.8 Å². The van der Waals surface area contributed by atoms with Gasteiger partial charge >= 0.3 is 6.61 Å². The summed E-state index contributed by atoms with van der Waals surface area (Å²) < 4.78 is 34.6. The van der Waals surface area contributed by atoms with E-state index in [2.05, 4.69) is 20.0 Å². The second kappa shape index (κ2) is 9.38. The number of hydrogen-bond donors (Lipinski definition) is 1. The molecule has 0 aliphatic carbocycles. The van der Waals surface area contributed by atoms with Crippen molar-refractivity contribution in [2.45, 2.75) is 13.2 Å². The van der Waals surface area contributed by atoms with Gasteiger partial charge in [-0.05, 0) is 42.0 Å². The molecule has 1 N–H and O–H groups in total. The van der Waals surface area contributed by atoms with Gasteiger partial charge in [-0.15, -0.1) is 0 Å². The largest absolute Gasteiger partial charge is 0.493 e. The molecule has 162 valence electrons. The highest BCUT2D eigenvalue weighted by atomic mass is 19.3. The number of halogens is 2. The molecule has 4 rings (SSSR count). The number of alkyl halides is 2. The van der Waals surface area contributed by atoms with Crippen molar-refractivity contribution >= 4 is 16.8 Å². The van der Waals surface area contributed by atoms with Gasteiger partial charge in [-0.3, -0.25) is 9.78 Å². The first-order valence-electron chi connectivity index (χ1n) is 9.75. The predicted octanol–water partition coefficient (Wildman–Crippen LogP) is 4.84. The number of amides is 1. The Labute approximate surface area is 182 Å². The van der Waals surface area contributed by atoms with Crippen molar-refractivity contribution in [3.63, 3.8) is 0 Å². The predicted molar refractivity (Wildman–Crippen MR) is 116 cm³/mol. The summed E-state index contributed by atoms with van der Waals surface area (Å²) in [5, 5.41) is 3.60. The monoisotopic (exact) mass is 435 g/mol. The number of hydrogen-bond acceptors (Lipinski definition) is 5. The van der Waals surface area contributed by atoms with Gasteiger partial charge in [0.05, 0.1) is 23.9 Å². The maximum atomic E-state index is 13.1. The van der Waals surface area contributed by atoms with Gasteiger partial charge in [-0.1, -0.05) is 24.3 Å². The molecule has 6 nitrogen and oxygen atoms in total. The molecule has 4 aromatic rings. The third kappa shape index (κ3) is 4.64. The van der Waals surface area contributed by atoms with Crippen molar-refractivity contribution < 1.29 is 23.0 Å². The highest BCUT2D eigenvalue weighted by Crippen LogP contribution is 2.29. The number of rotatable bonds is 7. The van der Waals surface area contributed by atoms with Gasteiger partial charge in [0.2, 0.25) is 0 Å². The van der Waals surface area contributed by atoms with Crippen molar-refractivity contribution in [2.75, 3.05) is 7.11 Å². The zero-order chi connectivity index (χ0) is 22.5. The first-order chi connectivity index (χ1) is 15.5. The van der Waals surface area contributed by atoms with Gasteiger partial charge in [0, 0.05) is 29.9 Å². The molecule has 2 aromatic carbocycles. The van der Waals surface area contributed by atoms with E-state index >= 15 is 0 Å². The number of methoxy groups -OCH3 is 1. The zero-order valence-corrected chi connectivity index (χ0v) is 17.1. The molecule has 0 aliphatic heterocycles. The van der Waals surface area contributed by atoms with Crippen molar-refractivity contribution in [2.24, 2.45) is 0 Å². The fourth-order valence-electron chi connectivity index (χ4n) is 3.33. The number of ether oxygens (including phenoxy) is 2. The Morgan fingerprint density at radius 2 is 1.81 bits per heavy atom. The number of para-hydroxylation sites is 1. The highest BCUT2D eigenvalue weighted by Gasteiger charge is 2.15. The van der Waals surface area contributed by atoms with Gasteiger partial charge in [0.1, 0.15) is 0 Å². The summed E-state index contributed by atoms with van der Waals surface area (Å²) >= 11 is 0. The average Bonchev–Trinajstić information content (AvgIpc) is 2.82. The third-order valence-corrected chi connectivity index (χ3v) is 4.83. The van der Waals surface area contributed by atoms with E-state index < -0.39 is 6.61 Å². The van der Waals surface area contributed by atoms with E-state index in [0.29, 0.717) is 22.3 Å². The molecule has 1 amide bonds. The van der Waals surface area contributed by atoms with Gasteiger partial charge in [0.15, 0.2) is 11.5 Å². The molecule has 2 heterocycles. The van der Waals surface area contributed by atoms with Gasteiger partial charge in [-0.2, -0.15) is 8.78 Å². The number of fused-ring (bicyclic) bond motifs is 1. The fourth-order valence-corrected chi connectivity index (χ4v) is 3.33. The fraction of sp³-hybridized carbons (Fsp3) is 0.125. The number of aromatic nitrogens is 2. The van der Waals surface area contributed by atoms with E-state index in [0.717, 1.165) is 10.9 Å². The smallest absolute Gasteiger partial charge is 0.387 e. The molecule has 0 radical (unpaired) electrons. The van der Waals surface area contributed by atoms with E-state index in [4.69, 9.17) is 4.74 Å². The lowest BCUT2D eigenvalue weighted by Crippen LogP contribution is -2.23. The van der Waals surface area contributed by atoms with Crippen LogP contribution in [0.2, 0.25) is 0 Å². The number of pyridine rings is 2. The van der Waals surface area contributed by atoms with Crippen LogP contribution in [0.15, 0.2) is 73.1 Å². The minimum atomic E-state index is -2.95. The number of carbonyl (C=O) groups is 1. The molecular weight excluding hydrogens is 416 g/mol. The van der Waals surface area contributed by atoms with E-state index in [1.165, 1.54) is 13.2 Å². The van der Waals surface area contributed by atoms with Crippen LogP contribution in [0, 0.1) is 0 Å². The van der Waals surface area contributed by atoms with Crippen LogP contribution in [0.1, 0.15) is 15.9 Å². The molecule has 8 heteroatoms. The average molecular weight is 435 g/mol. The molecule has 0 spiro atoms. The summed E-state index contributed by atoms with van der Waals surface area (Å²) in [6.07, 6.45) is 3.33. The second-order valence-corrected chi connectivity index (χ2v) is 6.85. The lowest BCUT2D eigenvalue weighted by molar-refractivity contribution is -0.0512. The second-order valence-electron chi connectivity index (χ2n) is 6.85. The topological polar surface area (TPSA) is 73.3 Å². The minimum Gasteiger partial charge on any atom is -0.493 e. The molecule has 2 aromatic heterocycles. The normalized spacial score (nSPS) is 10.9. The lowest BCUT2D eigenvalue weighted by Gasteiger charge is -2.13. The molecule has 0 unspecified atom stereocenters. The SMILES string of the molecule is COc1cc(CNC(=O)c2cc(-c3ccncc3)nc3ccccc23)ccc1OC(F)F. The number of nitrogens with one attached hydrogen (secondary N) is 1. The van der Waals surface area contributed by atoms with Crippen LogP contribution in [-0.4, -0.2) is 29.6 Å². The van der Waals surface area contributed by atoms with Crippen LogP contribution in [-0.2, 0) is 6.54 Å². The third-order valence-electron chi connectivity index (χ3n) is 4.83. The van der Waals surface area contributed by atoms with Crippen molar-refractivity contribution in [1.82, 2.24) is 15.3 Å². The molecule has 0 fully saturated rings. The quantitative estimate of drug-likeness (QED) is 0.450. The minimum absolute atomic E-state index is 0.0697. The summed E-state index contributed by atoms with van der Waals surface area (Å²) in [5.41, 5.74) is 3.35. The first kappa shape index (κ1) is 21.2. The Morgan fingerprint density at radius 3 is 2.56 bits per heavy atom. The summed E-state index contributed by atoms with van der Waals surface area (Å²) in [4.78, 5) is 21.8. The zero-order valence-electron chi connectivity index (χ0n) is 17.1. The Balaban J connectivity index is 1.60. The summed E-state index contributed by atoms with van der Waals surface area (Å²) in [6, 6.07) is 17.3. The van der Waals surface area contributed by atoms with E-state index in [1.807, 2.05) is 36.4 Å². The Kier molecular flexibility index (Phi) is 6.21. The molecule has 0 saturated carbocycles. The number of benzene rings is 2. The molecular formula is C24H19F2N3O3. The lowest BCUT2D eigenvalue weighted by atomic mass is 10.0. The van der Waals surface area contributed by atoms with Gasteiger partial charge < -0.3 is 14.8 Å². The summed E-state index contributed by atoms with van der Waals surface area (Å²) in [5.74, 6) is -0.197. The van der Waals surface area contributed by atoms with Crippen molar-refractivity contribution in [3.8, 4) is 22.8 Å². The highest BCUT2D eigenvalue weighted by molar-refractivity contribution is 6.07. The van der Waals surface area contributed by atoms with Crippen LogP contribution in [0.3, 0.4) is 0 Å². The van der Waals surface area contributed by atoms with E-state index in [-0.39, 0.29) is 24.0 Å². The van der Waals surface area contributed by atoms with Crippen LogP contribution >= 0.6 is 0 Å². The number of carbonyl (C=O) groups excluding carboxylic acids is 1. The molecule has 32 heavy (non-hydrogen) atoms. The van der Waals surface area contributed by atoms with E-state index in [1.54, 1.807) is 30.6 Å².